The highest BCUT2D eigenvalue weighted by atomic mass is 127. The lowest BCUT2D eigenvalue weighted by molar-refractivity contribution is -0.597. The molecule has 1 fully saturated rings. The molecule has 3 rings (SSSR count). The first kappa shape index (κ1) is 13.9. The average Bonchev–Trinajstić information content (AvgIpc) is 2.51. The van der Waals surface area contributed by atoms with Crippen molar-refractivity contribution in [1.82, 2.24) is 0 Å². The summed E-state index contributed by atoms with van der Waals surface area (Å²) < 4.78 is 14.3. The number of ether oxygens (including phenoxy) is 2. The molecule has 0 radical (unpaired) electrons. The Kier molecular flexibility index (Phi) is 4.92. The third kappa shape index (κ3) is 3.96. The maximum absolute atomic E-state index is 5.85. The zero-order valence-electron chi connectivity index (χ0n) is 11.3. The molecule has 0 saturated carbocycles. The van der Waals surface area contributed by atoms with Gasteiger partial charge < -0.3 is 9.47 Å². The number of rotatable bonds is 4. The van der Waals surface area contributed by atoms with E-state index < -0.39 is 0 Å². The summed E-state index contributed by atoms with van der Waals surface area (Å²) in [4.78, 5) is 0. The molecule has 1 aliphatic heterocycles. The van der Waals surface area contributed by atoms with Crippen molar-refractivity contribution in [3.05, 3.63) is 61.7 Å². The van der Waals surface area contributed by atoms with Gasteiger partial charge >= 0.3 is 21.2 Å². The van der Waals surface area contributed by atoms with Gasteiger partial charge in [0.1, 0.15) is 5.75 Å². The molecule has 0 aliphatic carbocycles. The Labute approximate surface area is 130 Å². The lowest BCUT2D eigenvalue weighted by Crippen LogP contribution is -3.61. The van der Waals surface area contributed by atoms with Crippen LogP contribution in [0.5, 0.6) is 5.75 Å². The molecular formula is C17H18IO2+. The van der Waals surface area contributed by atoms with E-state index in [1.165, 1.54) is 13.6 Å². The van der Waals surface area contributed by atoms with Crippen LogP contribution in [0.3, 0.4) is 0 Å². The molecule has 0 spiro atoms. The number of hydrogen-bond donors (Lipinski definition) is 0. The molecule has 1 saturated heterocycles. The van der Waals surface area contributed by atoms with Gasteiger partial charge in [-0.15, -0.1) is 0 Å². The molecule has 1 unspecified atom stereocenters. The summed E-state index contributed by atoms with van der Waals surface area (Å²) in [7, 11) is 0. The topological polar surface area (TPSA) is 18.5 Å². The fourth-order valence-corrected chi connectivity index (χ4v) is 4.35. The van der Waals surface area contributed by atoms with Crippen molar-refractivity contribution in [3.8, 4) is 5.75 Å². The quantitative estimate of drug-likeness (QED) is 0.727. The van der Waals surface area contributed by atoms with Crippen LogP contribution in [0.2, 0.25) is 0 Å². The van der Waals surface area contributed by atoms with E-state index in [0.29, 0.717) is 0 Å². The summed E-state index contributed by atoms with van der Waals surface area (Å²) in [5.74, 6) is 0.915. The molecule has 0 bridgehead atoms. The van der Waals surface area contributed by atoms with Crippen molar-refractivity contribution in [1.29, 1.82) is 0 Å². The molecule has 2 aromatic rings. The Hall–Kier alpha value is -1.07. The first-order chi connectivity index (χ1) is 9.90. The summed E-state index contributed by atoms with van der Waals surface area (Å²) >= 11 is -0.0916. The van der Waals surface area contributed by atoms with E-state index in [-0.39, 0.29) is 27.5 Å². The standard InChI is InChI=1S/C17H18IO2/c1-2-6-14(7-3-1)18-15-9-11-16(12-10-15)20-17-8-4-5-13-19-17/h1-3,6-7,9-12,17H,4-5,8,13H2/q+1. The number of halogens is 1. The minimum atomic E-state index is -0.0916. The fourth-order valence-electron chi connectivity index (χ4n) is 2.14. The van der Waals surface area contributed by atoms with Gasteiger partial charge in [-0.25, -0.2) is 0 Å². The van der Waals surface area contributed by atoms with Crippen molar-refractivity contribution in [2.24, 2.45) is 0 Å². The van der Waals surface area contributed by atoms with Crippen LogP contribution in [0.1, 0.15) is 19.3 Å². The summed E-state index contributed by atoms with van der Waals surface area (Å²) in [6, 6.07) is 19.2. The lowest BCUT2D eigenvalue weighted by Gasteiger charge is -2.23. The van der Waals surface area contributed by atoms with Crippen molar-refractivity contribution in [2.45, 2.75) is 25.6 Å². The van der Waals surface area contributed by atoms with E-state index in [1.807, 2.05) is 0 Å². The minimum Gasteiger partial charge on any atom is -0.465 e. The predicted molar refractivity (Wildman–Crippen MR) is 74.5 cm³/mol. The molecule has 2 nitrogen and oxygen atoms in total. The van der Waals surface area contributed by atoms with Gasteiger partial charge in [0, 0.05) is 6.42 Å². The Balaban J connectivity index is 1.59. The van der Waals surface area contributed by atoms with E-state index in [0.717, 1.165) is 25.2 Å². The van der Waals surface area contributed by atoms with Gasteiger partial charge in [0.05, 0.1) is 6.61 Å². The van der Waals surface area contributed by atoms with Gasteiger partial charge in [0.25, 0.3) is 0 Å². The van der Waals surface area contributed by atoms with Crippen molar-refractivity contribution in [2.75, 3.05) is 6.61 Å². The van der Waals surface area contributed by atoms with Crippen LogP contribution >= 0.6 is 0 Å². The highest BCUT2D eigenvalue weighted by molar-refractivity contribution is 5.21. The maximum atomic E-state index is 5.85. The molecule has 2 aromatic carbocycles. The Morgan fingerprint density at radius 1 is 0.900 bits per heavy atom. The molecule has 0 aromatic heterocycles. The molecule has 1 atom stereocenters. The van der Waals surface area contributed by atoms with Crippen LogP contribution in [0, 0.1) is 7.14 Å². The van der Waals surface area contributed by atoms with Gasteiger partial charge in [-0.3, -0.25) is 0 Å². The van der Waals surface area contributed by atoms with E-state index in [4.69, 9.17) is 9.47 Å². The predicted octanol–water partition coefficient (Wildman–Crippen LogP) is 0.720. The largest absolute Gasteiger partial charge is 0.465 e. The molecular weight excluding hydrogens is 363 g/mol. The Morgan fingerprint density at radius 3 is 2.35 bits per heavy atom. The normalized spacial score (nSPS) is 18.7. The lowest BCUT2D eigenvalue weighted by atomic mass is 10.2. The Morgan fingerprint density at radius 2 is 1.65 bits per heavy atom. The maximum Gasteiger partial charge on any atom is 0.357 e. The monoisotopic (exact) mass is 381 g/mol. The molecule has 104 valence electrons. The van der Waals surface area contributed by atoms with E-state index in [1.54, 1.807) is 0 Å². The molecule has 0 N–H and O–H groups in total. The van der Waals surface area contributed by atoms with E-state index in [9.17, 15) is 0 Å². The van der Waals surface area contributed by atoms with Gasteiger partial charge in [-0.05, 0) is 49.2 Å². The summed E-state index contributed by atoms with van der Waals surface area (Å²) in [6.07, 6.45) is 3.29. The second-order valence-corrected chi connectivity index (χ2v) is 7.79. The third-order valence-corrected chi connectivity index (χ3v) is 5.85. The second-order valence-electron chi connectivity index (χ2n) is 4.76. The number of benzene rings is 2. The van der Waals surface area contributed by atoms with Crippen LogP contribution in [0.4, 0.5) is 0 Å². The smallest absolute Gasteiger partial charge is 0.357 e. The molecule has 1 heterocycles. The third-order valence-electron chi connectivity index (χ3n) is 3.17. The minimum absolute atomic E-state index is 0.0570. The van der Waals surface area contributed by atoms with Crippen molar-refractivity contribution < 1.29 is 30.7 Å². The molecule has 1 aliphatic rings. The average molecular weight is 381 g/mol. The second kappa shape index (κ2) is 7.09. The van der Waals surface area contributed by atoms with Crippen molar-refractivity contribution in [3.63, 3.8) is 0 Å². The molecule has 0 amide bonds. The van der Waals surface area contributed by atoms with Gasteiger partial charge in [-0.1, -0.05) is 18.2 Å². The highest BCUT2D eigenvalue weighted by Crippen LogP contribution is 2.18. The first-order valence-electron chi connectivity index (χ1n) is 6.98. The van der Waals surface area contributed by atoms with Gasteiger partial charge in [-0.2, -0.15) is 0 Å². The van der Waals surface area contributed by atoms with Crippen LogP contribution in [0.15, 0.2) is 54.6 Å². The van der Waals surface area contributed by atoms with E-state index in [2.05, 4.69) is 54.6 Å². The van der Waals surface area contributed by atoms with Crippen LogP contribution in [-0.2, 0) is 4.74 Å². The zero-order chi connectivity index (χ0) is 13.6. The fraction of sp³-hybridized carbons (Fsp3) is 0.294. The van der Waals surface area contributed by atoms with Gasteiger partial charge in [0.2, 0.25) is 0 Å². The molecule has 20 heavy (non-hydrogen) atoms. The first-order valence-corrected chi connectivity index (χ1v) is 9.14. The van der Waals surface area contributed by atoms with Crippen LogP contribution in [0.25, 0.3) is 0 Å². The van der Waals surface area contributed by atoms with Crippen LogP contribution in [-0.4, -0.2) is 12.9 Å². The molecule has 3 heteroatoms. The van der Waals surface area contributed by atoms with Gasteiger partial charge in [0.15, 0.2) is 13.4 Å². The zero-order valence-corrected chi connectivity index (χ0v) is 13.5. The number of hydrogen-bond acceptors (Lipinski definition) is 2. The van der Waals surface area contributed by atoms with Crippen LogP contribution < -0.4 is 25.9 Å². The summed E-state index contributed by atoms with van der Waals surface area (Å²) in [6.45, 7) is 0.822. The SMILES string of the molecule is c1ccc([I+]c2ccc(OC3CCCCO3)cc2)cc1. The summed E-state index contributed by atoms with van der Waals surface area (Å²) in [5, 5.41) is 0. The summed E-state index contributed by atoms with van der Waals surface area (Å²) in [5.41, 5.74) is 0. The Bertz CT molecular complexity index is 518. The van der Waals surface area contributed by atoms with Crippen molar-refractivity contribution >= 4 is 0 Å². The highest BCUT2D eigenvalue weighted by Gasteiger charge is 2.17. The van der Waals surface area contributed by atoms with E-state index >= 15 is 0 Å².